The number of nitro groups is 1. The Morgan fingerprint density at radius 2 is 1.75 bits per heavy atom. The smallest absolute Gasteiger partial charge is 0.288 e. The van der Waals surface area contributed by atoms with Crippen molar-refractivity contribution in [3.8, 4) is 0 Å². The topological polar surface area (TPSA) is 117 Å². The fraction of sp³-hybridized carbons (Fsp3) is 0.310. The van der Waals surface area contributed by atoms with Crippen LogP contribution in [0.1, 0.15) is 31.8 Å². The molecule has 0 spiro atoms. The Balaban J connectivity index is 1.37. The van der Waals surface area contributed by atoms with Gasteiger partial charge in [-0.2, -0.15) is 0 Å². The van der Waals surface area contributed by atoms with Gasteiger partial charge in [-0.3, -0.25) is 24.6 Å². The molecule has 1 fully saturated rings. The van der Waals surface area contributed by atoms with Gasteiger partial charge in [0.15, 0.2) is 0 Å². The molecule has 208 valence electrons. The van der Waals surface area contributed by atoms with E-state index in [2.05, 4.69) is 32.6 Å². The van der Waals surface area contributed by atoms with E-state index in [9.17, 15) is 19.7 Å². The van der Waals surface area contributed by atoms with Gasteiger partial charge in [-0.05, 0) is 47.9 Å². The van der Waals surface area contributed by atoms with Gasteiger partial charge in [0.2, 0.25) is 0 Å². The highest BCUT2D eigenvalue weighted by molar-refractivity contribution is 6.32. The van der Waals surface area contributed by atoms with Gasteiger partial charge in [0.05, 0.1) is 23.7 Å². The zero-order valence-corrected chi connectivity index (χ0v) is 22.7. The number of ether oxygens (including phenoxy) is 1. The van der Waals surface area contributed by atoms with Crippen LogP contribution in [0.3, 0.4) is 0 Å². The molecule has 3 aromatic carbocycles. The van der Waals surface area contributed by atoms with Crippen molar-refractivity contribution in [3.63, 3.8) is 0 Å². The lowest BCUT2D eigenvalue weighted by atomic mass is 9.98. The zero-order chi connectivity index (χ0) is 28.1. The maximum Gasteiger partial charge on any atom is 0.288 e. The molecule has 2 heterocycles. The van der Waals surface area contributed by atoms with Crippen LogP contribution >= 0.6 is 11.6 Å². The van der Waals surface area contributed by atoms with Gasteiger partial charge in [0, 0.05) is 62.3 Å². The average Bonchev–Trinajstić information content (AvgIpc) is 2.97. The van der Waals surface area contributed by atoms with Crippen molar-refractivity contribution in [1.82, 2.24) is 10.2 Å². The largest absolute Gasteiger partial charge is 0.379 e. The summed E-state index contributed by atoms with van der Waals surface area (Å²) in [7, 11) is 0. The third kappa shape index (κ3) is 6.41. The molecule has 0 unspecified atom stereocenters. The van der Waals surface area contributed by atoms with Gasteiger partial charge in [-0.1, -0.05) is 35.9 Å². The Bertz CT molecular complexity index is 1430. The van der Waals surface area contributed by atoms with Crippen molar-refractivity contribution in [1.29, 1.82) is 0 Å². The number of hydrogen-bond donors (Lipinski definition) is 2. The van der Waals surface area contributed by atoms with E-state index in [-0.39, 0.29) is 22.2 Å². The first-order valence-corrected chi connectivity index (χ1v) is 13.6. The Morgan fingerprint density at radius 1 is 0.975 bits per heavy atom. The maximum atomic E-state index is 13.5. The van der Waals surface area contributed by atoms with E-state index in [0.717, 1.165) is 37.8 Å². The average molecular weight is 564 g/mol. The predicted molar refractivity (Wildman–Crippen MR) is 153 cm³/mol. The summed E-state index contributed by atoms with van der Waals surface area (Å²) < 4.78 is 5.40. The molecular formula is C29H30ClN5O5. The highest BCUT2D eigenvalue weighted by Gasteiger charge is 2.23. The monoisotopic (exact) mass is 563 g/mol. The Morgan fingerprint density at radius 3 is 2.52 bits per heavy atom. The van der Waals surface area contributed by atoms with Crippen LogP contribution in [0.25, 0.3) is 0 Å². The lowest BCUT2D eigenvalue weighted by Gasteiger charge is -2.32. The fourth-order valence-electron chi connectivity index (χ4n) is 5.02. The number of nitrogens with zero attached hydrogens (tertiary/aromatic N) is 3. The minimum Gasteiger partial charge on any atom is -0.379 e. The van der Waals surface area contributed by atoms with Crippen molar-refractivity contribution in [2.24, 2.45) is 0 Å². The van der Waals surface area contributed by atoms with Crippen LogP contribution < -0.4 is 15.5 Å². The van der Waals surface area contributed by atoms with Gasteiger partial charge in [0.1, 0.15) is 5.02 Å². The van der Waals surface area contributed by atoms with Crippen molar-refractivity contribution in [2.75, 3.05) is 56.2 Å². The lowest BCUT2D eigenvalue weighted by molar-refractivity contribution is -0.384. The maximum absolute atomic E-state index is 13.5. The molecule has 10 nitrogen and oxygen atoms in total. The molecule has 0 radical (unpaired) electrons. The molecule has 2 amide bonds. The van der Waals surface area contributed by atoms with Crippen LogP contribution in [0, 0.1) is 10.1 Å². The van der Waals surface area contributed by atoms with Gasteiger partial charge in [0.25, 0.3) is 17.5 Å². The second kappa shape index (κ2) is 12.5. The first kappa shape index (κ1) is 27.6. The molecule has 0 bridgehead atoms. The Hall–Kier alpha value is -3.99. The predicted octanol–water partition coefficient (Wildman–Crippen LogP) is 4.13. The van der Waals surface area contributed by atoms with E-state index >= 15 is 0 Å². The van der Waals surface area contributed by atoms with Gasteiger partial charge in [-0.15, -0.1) is 0 Å². The summed E-state index contributed by atoms with van der Waals surface area (Å²) in [4.78, 5) is 41.5. The minimum atomic E-state index is -0.635. The zero-order valence-electron chi connectivity index (χ0n) is 21.9. The van der Waals surface area contributed by atoms with Crippen LogP contribution in [0.5, 0.6) is 0 Å². The normalized spacial score (nSPS) is 15.3. The quantitative estimate of drug-likeness (QED) is 0.313. The highest BCUT2D eigenvalue weighted by Crippen LogP contribution is 2.30. The third-order valence-electron chi connectivity index (χ3n) is 7.19. The molecule has 5 rings (SSSR count). The second-order valence-corrected chi connectivity index (χ2v) is 10.2. The lowest BCUT2D eigenvalue weighted by Crippen LogP contribution is -2.41. The summed E-state index contributed by atoms with van der Waals surface area (Å²) in [6, 6.07) is 17.4. The van der Waals surface area contributed by atoms with Gasteiger partial charge in [-0.25, -0.2) is 0 Å². The first-order valence-electron chi connectivity index (χ1n) is 13.2. The van der Waals surface area contributed by atoms with Crippen LogP contribution in [0.15, 0.2) is 60.7 Å². The molecule has 0 aliphatic carbocycles. The minimum absolute atomic E-state index is 0.0509. The van der Waals surface area contributed by atoms with Crippen molar-refractivity contribution in [2.45, 2.75) is 13.0 Å². The first-order chi connectivity index (χ1) is 19.4. The van der Waals surface area contributed by atoms with E-state index in [0.29, 0.717) is 44.1 Å². The molecule has 2 aliphatic rings. The highest BCUT2D eigenvalue weighted by atomic mass is 35.5. The number of fused-ring (bicyclic) bond motifs is 1. The van der Waals surface area contributed by atoms with Crippen molar-refractivity contribution in [3.05, 3.63) is 98.1 Å². The number of carbonyl (C=O) groups is 2. The van der Waals surface area contributed by atoms with E-state index in [4.69, 9.17) is 16.3 Å². The van der Waals surface area contributed by atoms with Crippen LogP contribution in [0.4, 0.5) is 17.1 Å². The van der Waals surface area contributed by atoms with Crippen LogP contribution in [0.2, 0.25) is 5.02 Å². The number of amides is 2. The summed E-state index contributed by atoms with van der Waals surface area (Å²) in [5.41, 5.74) is 3.88. The Labute approximate surface area is 237 Å². The van der Waals surface area contributed by atoms with Crippen molar-refractivity contribution < 1.29 is 19.2 Å². The SMILES string of the molecule is O=C(Nc1ccc(N2CCc3ccccc3C2)c(C(=O)NCCN2CCOCC2)c1)c1ccc(Cl)c([N+](=O)[O-])c1. The number of hydrogen-bond acceptors (Lipinski definition) is 7. The molecular weight excluding hydrogens is 534 g/mol. The molecule has 2 N–H and O–H groups in total. The van der Waals surface area contributed by atoms with E-state index in [1.165, 1.54) is 23.3 Å². The van der Waals surface area contributed by atoms with E-state index in [1.54, 1.807) is 12.1 Å². The number of rotatable bonds is 8. The van der Waals surface area contributed by atoms with E-state index in [1.807, 2.05) is 18.2 Å². The summed E-state index contributed by atoms with van der Waals surface area (Å²) in [5.74, 6) is -0.779. The number of halogens is 1. The standard InChI is InChI=1S/C29H30ClN5O5/c30-25-7-5-21(17-27(25)35(38)39)28(36)32-23-6-8-26(34-11-9-20-3-1-2-4-22(20)19-34)24(18-23)29(37)31-10-12-33-13-15-40-16-14-33/h1-8,17-18H,9-16,19H2,(H,31,37)(H,32,36). The fourth-order valence-corrected chi connectivity index (χ4v) is 5.20. The number of benzene rings is 3. The molecule has 40 heavy (non-hydrogen) atoms. The Kier molecular flexibility index (Phi) is 8.59. The van der Waals surface area contributed by atoms with Crippen LogP contribution in [-0.2, 0) is 17.7 Å². The molecule has 1 saturated heterocycles. The third-order valence-corrected chi connectivity index (χ3v) is 7.51. The summed E-state index contributed by atoms with van der Waals surface area (Å²) in [5, 5.41) is 17.0. The molecule has 11 heteroatoms. The number of anilines is 2. The number of nitro benzene ring substituents is 1. The van der Waals surface area contributed by atoms with Crippen molar-refractivity contribution >= 4 is 40.5 Å². The molecule has 0 aromatic heterocycles. The second-order valence-electron chi connectivity index (χ2n) is 9.76. The molecule has 3 aromatic rings. The molecule has 0 saturated carbocycles. The summed E-state index contributed by atoms with van der Waals surface area (Å²) >= 11 is 5.89. The van der Waals surface area contributed by atoms with E-state index < -0.39 is 10.8 Å². The molecule has 2 aliphatic heterocycles. The van der Waals surface area contributed by atoms with Gasteiger partial charge >= 0.3 is 0 Å². The number of carbonyl (C=O) groups excluding carboxylic acids is 2. The number of nitrogens with one attached hydrogen (secondary N) is 2. The number of morpholine rings is 1. The summed E-state index contributed by atoms with van der Waals surface area (Å²) in [6.07, 6.45) is 0.863. The molecule has 0 atom stereocenters. The van der Waals surface area contributed by atoms with Crippen LogP contribution in [-0.4, -0.2) is 67.6 Å². The summed E-state index contributed by atoms with van der Waals surface area (Å²) in [6.45, 7) is 5.66. The van der Waals surface area contributed by atoms with Gasteiger partial charge < -0.3 is 20.3 Å².